The molecule has 0 saturated heterocycles. The maximum atomic E-state index is 7.00. The number of rotatable bonds is 0. The van der Waals surface area contributed by atoms with Crippen LogP contribution in [-0.4, -0.2) is 29.9 Å². The molecular weight excluding hydrogens is 72.0 g/mol. The van der Waals surface area contributed by atoms with E-state index in [1.54, 1.807) is 0 Å². The van der Waals surface area contributed by atoms with E-state index in [0.29, 0.717) is 0 Å². The van der Waals surface area contributed by atoms with E-state index >= 15 is 0 Å². The van der Waals surface area contributed by atoms with Gasteiger partial charge in [-0.05, 0) is 0 Å². The molecule has 0 aliphatic rings. The molecule has 0 radical (unpaired) electrons. The van der Waals surface area contributed by atoms with Gasteiger partial charge in [0.1, 0.15) is 0 Å². The predicted octanol–water partition coefficient (Wildman–Crippen LogP) is -1.61. The van der Waals surface area contributed by atoms with Gasteiger partial charge in [-0.15, -0.1) is 0 Å². The number of hydrogen-bond acceptors (Lipinski definition) is 2. The molecule has 36 valence electrons. The first kappa shape index (κ1) is 20.8. The van der Waals surface area contributed by atoms with Crippen molar-refractivity contribution < 1.29 is 15.7 Å². The summed E-state index contributed by atoms with van der Waals surface area (Å²) in [6.07, 6.45) is 0. The van der Waals surface area contributed by atoms with Gasteiger partial charge in [-0.1, -0.05) is 0 Å². The van der Waals surface area contributed by atoms with Crippen molar-refractivity contribution in [1.29, 1.82) is 0 Å². The summed E-state index contributed by atoms with van der Waals surface area (Å²) in [4.78, 5) is 0. The van der Waals surface area contributed by atoms with E-state index < -0.39 is 0 Å². The van der Waals surface area contributed by atoms with E-state index in [9.17, 15) is 0 Å². The van der Waals surface area contributed by atoms with Crippen molar-refractivity contribution in [2.24, 2.45) is 0 Å². The normalized spacial score (nSPS) is 2.40. The Labute approximate surface area is 31.2 Å². The van der Waals surface area contributed by atoms with Gasteiger partial charge in [-0.2, -0.15) is 0 Å². The Morgan fingerprint density at radius 2 is 0.800 bits per heavy atom. The largest absolute Gasteiger partial charge is 0.412 e. The standard InChI is InChI=1S/2CH4O.H2O/c2*1-2;/h2*2H,1H3;1H2. The fraction of sp³-hybridized carbons (Fsp3) is 1.00. The Morgan fingerprint density at radius 1 is 0.800 bits per heavy atom. The molecule has 0 aromatic rings. The average Bonchev–Trinajstić information content (AvgIpc) is 1.50. The van der Waals surface area contributed by atoms with Gasteiger partial charge >= 0.3 is 0 Å². The van der Waals surface area contributed by atoms with E-state index in [0.717, 1.165) is 14.2 Å². The molecule has 0 atom stereocenters. The van der Waals surface area contributed by atoms with Crippen LogP contribution in [0.3, 0.4) is 0 Å². The van der Waals surface area contributed by atoms with Gasteiger partial charge < -0.3 is 15.7 Å². The predicted molar refractivity (Wildman–Crippen MR) is 19.9 cm³/mol. The van der Waals surface area contributed by atoms with Crippen molar-refractivity contribution in [2.75, 3.05) is 14.2 Å². The molecular formula is C2H10O3. The van der Waals surface area contributed by atoms with E-state index in [1.807, 2.05) is 0 Å². The fourth-order valence-electron chi connectivity index (χ4n) is 0. The van der Waals surface area contributed by atoms with E-state index in [2.05, 4.69) is 0 Å². The van der Waals surface area contributed by atoms with E-state index in [-0.39, 0.29) is 5.48 Å². The highest BCUT2D eigenvalue weighted by Gasteiger charge is 0.841. The molecule has 5 heavy (non-hydrogen) atoms. The Morgan fingerprint density at radius 3 is 0.800 bits per heavy atom. The van der Waals surface area contributed by atoms with Gasteiger partial charge in [0.2, 0.25) is 0 Å². The van der Waals surface area contributed by atoms with Gasteiger partial charge in [0, 0.05) is 14.2 Å². The molecule has 0 saturated carbocycles. The monoisotopic (exact) mass is 82.1 g/mol. The third-order valence-electron chi connectivity index (χ3n) is 0. The quantitative estimate of drug-likeness (QED) is 0.369. The molecule has 3 heteroatoms. The fourth-order valence-corrected chi connectivity index (χ4v) is 0. The molecule has 0 unspecified atom stereocenters. The van der Waals surface area contributed by atoms with Crippen LogP contribution < -0.4 is 0 Å². The minimum absolute atomic E-state index is 0. The maximum Gasteiger partial charge on any atom is 0.0319 e. The first-order valence-electron chi connectivity index (χ1n) is 0.894. The SMILES string of the molecule is CO.CO.O. The second kappa shape index (κ2) is 2230. The van der Waals surface area contributed by atoms with Crippen LogP contribution >= 0.6 is 0 Å². The third kappa shape index (κ3) is 952. The zero-order valence-corrected chi connectivity index (χ0v) is 3.39. The Hall–Kier alpha value is -0.120. The first-order chi connectivity index (χ1) is 2.00. The lowest BCUT2D eigenvalue weighted by molar-refractivity contribution is 0.399. The minimum atomic E-state index is 0. The molecule has 3 nitrogen and oxygen atoms in total. The topological polar surface area (TPSA) is 72.0 Å². The highest BCUT2D eigenvalue weighted by Crippen LogP contribution is 0.757. The zero-order chi connectivity index (χ0) is 4.00. The summed E-state index contributed by atoms with van der Waals surface area (Å²) in [5, 5.41) is 14.0. The van der Waals surface area contributed by atoms with E-state index in [1.165, 1.54) is 0 Å². The maximum absolute atomic E-state index is 7.00. The minimum Gasteiger partial charge on any atom is -0.412 e. The molecule has 0 aliphatic heterocycles. The first-order valence-corrected chi connectivity index (χ1v) is 0.894. The summed E-state index contributed by atoms with van der Waals surface area (Å²) in [6.45, 7) is 0. The number of aliphatic hydroxyl groups excluding tert-OH is 2. The molecule has 0 aromatic carbocycles. The van der Waals surface area contributed by atoms with Gasteiger partial charge in [-0.3, -0.25) is 0 Å². The summed E-state index contributed by atoms with van der Waals surface area (Å²) in [6, 6.07) is 0. The molecule has 0 aliphatic carbocycles. The average molecular weight is 82.1 g/mol. The second-order valence-electron chi connectivity index (χ2n) is 0. The van der Waals surface area contributed by atoms with Crippen LogP contribution in [0.1, 0.15) is 0 Å². The lowest BCUT2D eigenvalue weighted by atomic mass is 11.8. The Balaban J connectivity index is -0.0000000133. The number of aliphatic hydroxyl groups is 2. The van der Waals surface area contributed by atoms with Crippen LogP contribution in [0, 0.1) is 0 Å². The highest BCUT2D eigenvalue weighted by atomic mass is 16.2. The Kier molecular flexibility index (Phi) is 9290. The van der Waals surface area contributed by atoms with Crippen LogP contribution in [0.15, 0.2) is 0 Å². The van der Waals surface area contributed by atoms with Crippen molar-refractivity contribution in [3.8, 4) is 0 Å². The molecule has 0 aromatic heterocycles. The summed E-state index contributed by atoms with van der Waals surface area (Å²) in [5.74, 6) is 0. The molecule has 0 heterocycles. The molecule has 4 N–H and O–H groups in total. The zero-order valence-electron chi connectivity index (χ0n) is 3.39. The van der Waals surface area contributed by atoms with Gasteiger partial charge in [0.25, 0.3) is 0 Å². The van der Waals surface area contributed by atoms with Gasteiger partial charge in [0.15, 0.2) is 0 Å². The van der Waals surface area contributed by atoms with Gasteiger partial charge in [-0.25, -0.2) is 0 Å². The van der Waals surface area contributed by atoms with E-state index in [4.69, 9.17) is 10.2 Å². The van der Waals surface area contributed by atoms with Crippen molar-refractivity contribution >= 4 is 0 Å². The molecule has 0 fully saturated rings. The van der Waals surface area contributed by atoms with Crippen molar-refractivity contribution in [3.05, 3.63) is 0 Å². The van der Waals surface area contributed by atoms with Gasteiger partial charge in [0.05, 0.1) is 0 Å². The summed E-state index contributed by atoms with van der Waals surface area (Å²) >= 11 is 0. The van der Waals surface area contributed by atoms with Crippen LogP contribution in [0.2, 0.25) is 0 Å². The molecule has 0 bridgehead atoms. The van der Waals surface area contributed by atoms with Crippen LogP contribution in [-0.2, 0) is 0 Å². The smallest absolute Gasteiger partial charge is 0.0319 e. The molecule has 0 spiro atoms. The van der Waals surface area contributed by atoms with Crippen LogP contribution in [0.25, 0.3) is 0 Å². The number of hydrogen-bond donors (Lipinski definition) is 2. The lowest BCUT2D eigenvalue weighted by Gasteiger charge is -1.21. The third-order valence-corrected chi connectivity index (χ3v) is 0. The van der Waals surface area contributed by atoms with Crippen molar-refractivity contribution in [2.45, 2.75) is 0 Å². The summed E-state index contributed by atoms with van der Waals surface area (Å²) in [7, 11) is 2.00. The molecule has 0 rings (SSSR count). The summed E-state index contributed by atoms with van der Waals surface area (Å²) in [5.41, 5.74) is 0. The summed E-state index contributed by atoms with van der Waals surface area (Å²) < 4.78 is 0. The molecule has 0 amide bonds. The van der Waals surface area contributed by atoms with Crippen LogP contribution in [0.5, 0.6) is 0 Å². The second-order valence-corrected chi connectivity index (χ2v) is 0. The van der Waals surface area contributed by atoms with Crippen LogP contribution in [0.4, 0.5) is 0 Å². The highest BCUT2D eigenvalue weighted by molar-refractivity contribution is 3.18. The van der Waals surface area contributed by atoms with Crippen molar-refractivity contribution in [3.63, 3.8) is 0 Å². The Bertz CT molecular complexity index is 4.85. The van der Waals surface area contributed by atoms with Crippen molar-refractivity contribution in [1.82, 2.24) is 0 Å². The lowest BCUT2D eigenvalue weighted by Crippen LogP contribution is -1.25.